The van der Waals surface area contributed by atoms with E-state index in [1.807, 2.05) is 40.6 Å². The molecule has 0 radical (unpaired) electrons. The van der Waals surface area contributed by atoms with Gasteiger partial charge in [0.2, 0.25) is 5.89 Å². The molecule has 0 aliphatic carbocycles. The molecule has 2 amide bonds. The Kier molecular flexibility index (Phi) is 5.19. The van der Waals surface area contributed by atoms with E-state index in [1.54, 1.807) is 11.3 Å². The zero-order valence-electron chi connectivity index (χ0n) is 16.5. The van der Waals surface area contributed by atoms with Crippen LogP contribution in [0.4, 0.5) is 4.79 Å². The van der Waals surface area contributed by atoms with Gasteiger partial charge in [0.1, 0.15) is 0 Å². The van der Waals surface area contributed by atoms with E-state index in [-0.39, 0.29) is 11.9 Å². The van der Waals surface area contributed by atoms with E-state index < -0.39 is 0 Å². The molecular weight excluding hydrogens is 396 g/mol. The topological polar surface area (TPSA) is 71.3 Å². The highest BCUT2D eigenvalue weighted by Crippen LogP contribution is 2.30. The van der Waals surface area contributed by atoms with Crippen LogP contribution in [-0.4, -0.2) is 34.2 Å². The molecule has 3 heterocycles. The highest BCUT2D eigenvalue weighted by Gasteiger charge is 2.28. The van der Waals surface area contributed by atoms with Crippen molar-refractivity contribution in [3.05, 3.63) is 71.4 Å². The van der Waals surface area contributed by atoms with Gasteiger partial charge in [-0.3, -0.25) is 0 Å². The van der Waals surface area contributed by atoms with Crippen LogP contribution in [0.2, 0.25) is 0 Å². The van der Waals surface area contributed by atoms with Crippen LogP contribution in [0.15, 0.2) is 64.4 Å². The molecule has 4 aromatic rings. The highest BCUT2D eigenvalue weighted by molar-refractivity contribution is 7.13. The molecule has 1 N–H and O–H groups in total. The van der Waals surface area contributed by atoms with Crippen LogP contribution in [0.1, 0.15) is 30.2 Å². The van der Waals surface area contributed by atoms with Crippen molar-refractivity contribution < 1.29 is 9.21 Å². The quantitative estimate of drug-likeness (QED) is 0.504. The van der Waals surface area contributed by atoms with Crippen molar-refractivity contribution >= 4 is 28.1 Å². The molecule has 7 heteroatoms. The Morgan fingerprint density at radius 1 is 1.13 bits per heavy atom. The van der Waals surface area contributed by atoms with Crippen molar-refractivity contribution in [2.75, 3.05) is 13.1 Å². The van der Waals surface area contributed by atoms with Gasteiger partial charge in [0.15, 0.2) is 0 Å². The molecule has 1 unspecified atom stereocenters. The molecular formula is C23H22N4O2S. The third kappa shape index (κ3) is 3.80. The molecule has 1 fully saturated rings. The number of nitrogens with zero attached hydrogens (tertiary/aromatic N) is 3. The van der Waals surface area contributed by atoms with Gasteiger partial charge in [-0.1, -0.05) is 48.5 Å². The summed E-state index contributed by atoms with van der Waals surface area (Å²) in [5.41, 5.74) is 1.12. The van der Waals surface area contributed by atoms with E-state index in [0.717, 1.165) is 29.8 Å². The van der Waals surface area contributed by atoms with Gasteiger partial charge in [0, 0.05) is 19.6 Å². The Bertz CT molecular complexity index is 1150. The average molecular weight is 419 g/mol. The number of carbonyl (C=O) groups excluding carboxylic acids is 1. The van der Waals surface area contributed by atoms with Crippen LogP contribution in [0.25, 0.3) is 21.5 Å². The number of amides is 2. The SMILES string of the molecule is O=C(NCc1cccc2ccccc12)N1CCCC(c2nnc(-c3cccs3)o2)C1. The van der Waals surface area contributed by atoms with Gasteiger partial charge < -0.3 is 14.6 Å². The largest absolute Gasteiger partial charge is 0.420 e. The van der Waals surface area contributed by atoms with Gasteiger partial charge in [-0.15, -0.1) is 21.5 Å². The predicted molar refractivity (Wildman–Crippen MR) is 117 cm³/mol. The number of urea groups is 1. The molecule has 2 aromatic carbocycles. The van der Waals surface area contributed by atoms with Crippen molar-refractivity contribution in [2.45, 2.75) is 25.3 Å². The van der Waals surface area contributed by atoms with Gasteiger partial charge in [-0.25, -0.2) is 4.79 Å². The van der Waals surface area contributed by atoms with Crippen molar-refractivity contribution in [1.82, 2.24) is 20.4 Å². The summed E-state index contributed by atoms with van der Waals surface area (Å²) in [7, 11) is 0. The predicted octanol–water partition coefficient (Wildman–Crippen LogP) is 5.04. The molecule has 0 saturated carbocycles. The average Bonchev–Trinajstić information content (AvgIpc) is 3.49. The Labute approximate surface area is 178 Å². The summed E-state index contributed by atoms with van der Waals surface area (Å²) in [6, 6.07) is 18.3. The number of nitrogens with one attached hydrogen (secondary N) is 1. The standard InChI is InChI=1S/C23H22N4O2S/c28-23(24-14-17-8-3-7-16-6-1-2-10-19(16)17)27-12-4-9-18(15-27)21-25-26-22(29-21)20-11-5-13-30-20/h1-3,5-8,10-11,13,18H,4,9,12,14-15H2,(H,24,28). The minimum Gasteiger partial charge on any atom is -0.420 e. The summed E-state index contributed by atoms with van der Waals surface area (Å²) in [6.45, 7) is 1.83. The number of thiophene rings is 1. The van der Waals surface area contributed by atoms with E-state index in [1.165, 1.54) is 10.8 Å². The highest BCUT2D eigenvalue weighted by atomic mass is 32.1. The Balaban J connectivity index is 1.24. The number of piperidine rings is 1. The first kappa shape index (κ1) is 18.8. The fourth-order valence-electron chi connectivity index (χ4n) is 3.99. The molecule has 1 saturated heterocycles. The molecule has 30 heavy (non-hydrogen) atoms. The maximum absolute atomic E-state index is 12.8. The summed E-state index contributed by atoms with van der Waals surface area (Å²) in [5.74, 6) is 1.24. The van der Waals surface area contributed by atoms with Crippen LogP contribution < -0.4 is 5.32 Å². The van der Waals surface area contributed by atoms with Crippen LogP contribution >= 0.6 is 11.3 Å². The van der Waals surface area contributed by atoms with Crippen LogP contribution in [0.3, 0.4) is 0 Å². The number of fused-ring (bicyclic) bond motifs is 1. The first-order chi connectivity index (χ1) is 14.8. The van der Waals surface area contributed by atoms with Crippen molar-refractivity contribution in [3.8, 4) is 10.8 Å². The summed E-state index contributed by atoms with van der Waals surface area (Å²) in [4.78, 5) is 15.6. The zero-order valence-corrected chi connectivity index (χ0v) is 17.3. The number of benzene rings is 2. The molecule has 1 aliphatic heterocycles. The molecule has 5 rings (SSSR count). The van der Waals surface area contributed by atoms with Crippen LogP contribution in [-0.2, 0) is 6.54 Å². The Morgan fingerprint density at radius 3 is 2.93 bits per heavy atom. The molecule has 0 bridgehead atoms. The lowest BCUT2D eigenvalue weighted by Crippen LogP contribution is -2.44. The van der Waals surface area contributed by atoms with Gasteiger partial charge >= 0.3 is 6.03 Å². The van der Waals surface area contributed by atoms with E-state index in [9.17, 15) is 4.79 Å². The number of hydrogen-bond acceptors (Lipinski definition) is 5. The van der Waals surface area contributed by atoms with E-state index in [0.29, 0.717) is 24.9 Å². The normalized spacial score (nSPS) is 16.7. The number of likely N-dealkylation sites (tertiary alicyclic amines) is 1. The second-order valence-corrected chi connectivity index (χ2v) is 8.45. The van der Waals surface area contributed by atoms with E-state index >= 15 is 0 Å². The molecule has 2 aromatic heterocycles. The number of hydrogen-bond donors (Lipinski definition) is 1. The smallest absolute Gasteiger partial charge is 0.317 e. The third-order valence-corrected chi connectivity index (χ3v) is 6.40. The van der Waals surface area contributed by atoms with Crippen molar-refractivity contribution in [3.63, 3.8) is 0 Å². The lowest BCUT2D eigenvalue weighted by molar-refractivity contribution is 0.174. The molecule has 152 valence electrons. The Morgan fingerprint density at radius 2 is 2.03 bits per heavy atom. The fourth-order valence-corrected chi connectivity index (χ4v) is 4.64. The van der Waals surface area contributed by atoms with Gasteiger partial charge in [-0.05, 0) is 40.6 Å². The van der Waals surface area contributed by atoms with Gasteiger partial charge in [0.05, 0.1) is 10.8 Å². The maximum Gasteiger partial charge on any atom is 0.317 e. The van der Waals surface area contributed by atoms with E-state index in [4.69, 9.17) is 4.42 Å². The first-order valence-corrected chi connectivity index (χ1v) is 11.0. The second kappa shape index (κ2) is 8.28. The second-order valence-electron chi connectivity index (χ2n) is 7.50. The minimum absolute atomic E-state index is 0.0503. The Hall–Kier alpha value is -3.19. The number of carbonyl (C=O) groups is 1. The number of rotatable bonds is 4. The molecule has 6 nitrogen and oxygen atoms in total. The summed E-state index contributed by atoms with van der Waals surface area (Å²) in [5, 5.41) is 15.9. The lowest BCUT2D eigenvalue weighted by Gasteiger charge is -2.31. The van der Waals surface area contributed by atoms with Gasteiger partial charge in [0.25, 0.3) is 5.89 Å². The van der Waals surface area contributed by atoms with Gasteiger partial charge in [-0.2, -0.15) is 0 Å². The van der Waals surface area contributed by atoms with Crippen molar-refractivity contribution in [2.24, 2.45) is 0 Å². The maximum atomic E-state index is 12.8. The first-order valence-electron chi connectivity index (χ1n) is 10.1. The minimum atomic E-state index is -0.0503. The fraction of sp³-hybridized carbons (Fsp3) is 0.261. The summed E-state index contributed by atoms with van der Waals surface area (Å²) < 4.78 is 5.90. The molecule has 1 aliphatic rings. The molecule has 1 atom stereocenters. The van der Waals surface area contributed by atoms with Crippen LogP contribution in [0, 0.1) is 0 Å². The third-order valence-electron chi connectivity index (χ3n) is 5.54. The summed E-state index contributed by atoms with van der Waals surface area (Å²) >= 11 is 1.58. The van der Waals surface area contributed by atoms with Crippen LogP contribution in [0.5, 0.6) is 0 Å². The lowest BCUT2D eigenvalue weighted by atomic mass is 9.98. The zero-order chi connectivity index (χ0) is 20.3. The summed E-state index contributed by atoms with van der Waals surface area (Å²) in [6.07, 6.45) is 1.86. The number of aromatic nitrogens is 2. The molecule has 0 spiro atoms. The van der Waals surface area contributed by atoms with E-state index in [2.05, 4.69) is 39.8 Å². The van der Waals surface area contributed by atoms with Crippen molar-refractivity contribution in [1.29, 1.82) is 0 Å². The monoisotopic (exact) mass is 418 g/mol.